The van der Waals surface area contributed by atoms with Gasteiger partial charge < -0.3 is 0 Å². The maximum absolute atomic E-state index is 3.40. The standard InChI is InChI=1S/C12H15Br/c13-11-7-2-1-4-8-12-9-5-3-6-10-12/h1-3,5-6,9-10H,4,7-8,11H2/b2-1+. The molecule has 0 saturated heterocycles. The van der Waals surface area contributed by atoms with Crippen molar-refractivity contribution in [2.45, 2.75) is 19.3 Å². The van der Waals surface area contributed by atoms with E-state index in [1.807, 2.05) is 0 Å². The van der Waals surface area contributed by atoms with Crippen molar-refractivity contribution in [3.63, 3.8) is 0 Å². The average molecular weight is 239 g/mol. The molecule has 0 aliphatic heterocycles. The van der Waals surface area contributed by atoms with Crippen molar-refractivity contribution in [2.75, 3.05) is 5.33 Å². The Morgan fingerprint density at radius 2 is 1.69 bits per heavy atom. The van der Waals surface area contributed by atoms with Crippen LogP contribution in [0.25, 0.3) is 0 Å². The molecule has 1 aromatic carbocycles. The van der Waals surface area contributed by atoms with E-state index in [2.05, 4.69) is 58.4 Å². The van der Waals surface area contributed by atoms with Crippen LogP contribution in [0.1, 0.15) is 18.4 Å². The number of hydrogen-bond acceptors (Lipinski definition) is 0. The quantitative estimate of drug-likeness (QED) is 0.539. The molecule has 0 amide bonds. The lowest BCUT2D eigenvalue weighted by Crippen LogP contribution is -1.81. The van der Waals surface area contributed by atoms with Crippen LogP contribution in [0.4, 0.5) is 0 Å². The zero-order valence-corrected chi connectivity index (χ0v) is 9.33. The summed E-state index contributed by atoms with van der Waals surface area (Å²) in [4.78, 5) is 0. The maximum Gasteiger partial charge on any atom is 0.00659 e. The molecule has 0 radical (unpaired) electrons. The minimum atomic E-state index is 1.06. The predicted molar refractivity (Wildman–Crippen MR) is 62.3 cm³/mol. The van der Waals surface area contributed by atoms with Crippen LogP contribution in [0.5, 0.6) is 0 Å². The fourth-order valence-electron chi connectivity index (χ4n) is 1.19. The van der Waals surface area contributed by atoms with Gasteiger partial charge in [0.05, 0.1) is 0 Å². The Morgan fingerprint density at radius 3 is 2.38 bits per heavy atom. The largest absolute Gasteiger partial charge is 0.0925 e. The molecule has 0 fully saturated rings. The zero-order valence-electron chi connectivity index (χ0n) is 7.75. The van der Waals surface area contributed by atoms with Gasteiger partial charge in [0.1, 0.15) is 0 Å². The van der Waals surface area contributed by atoms with Crippen LogP contribution in [0.2, 0.25) is 0 Å². The summed E-state index contributed by atoms with van der Waals surface area (Å²) in [5, 5.41) is 1.06. The van der Waals surface area contributed by atoms with Crippen LogP contribution >= 0.6 is 15.9 Å². The molecule has 0 saturated carbocycles. The summed E-state index contributed by atoms with van der Waals surface area (Å²) >= 11 is 3.40. The van der Waals surface area contributed by atoms with Crippen LogP contribution in [0.3, 0.4) is 0 Å². The number of benzene rings is 1. The third-order valence-electron chi connectivity index (χ3n) is 1.88. The molecule has 1 aromatic rings. The first-order valence-electron chi connectivity index (χ1n) is 4.68. The van der Waals surface area contributed by atoms with Gasteiger partial charge in [-0.2, -0.15) is 0 Å². The van der Waals surface area contributed by atoms with E-state index in [0.717, 1.165) is 24.6 Å². The summed E-state index contributed by atoms with van der Waals surface area (Å²) in [6.07, 6.45) is 7.93. The Morgan fingerprint density at radius 1 is 1.00 bits per heavy atom. The van der Waals surface area contributed by atoms with Gasteiger partial charge in [0.25, 0.3) is 0 Å². The van der Waals surface area contributed by atoms with Gasteiger partial charge in [0.15, 0.2) is 0 Å². The van der Waals surface area contributed by atoms with Crippen molar-refractivity contribution < 1.29 is 0 Å². The fourth-order valence-corrected chi connectivity index (χ4v) is 1.46. The van der Waals surface area contributed by atoms with E-state index in [1.165, 1.54) is 5.56 Å². The Balaban J connectivity index is 2.20. The van der Waals surface area contributed by atoms with Gasteiger partial charge in [-0.3, -0.25) is 0 Å². The van der Waals surface area contributed by atoms with Gasteiger partial charge >= 0.3 is 0 Å². The van der Waals surface area contributed by atoms with Crippen molar-refractivity contribution >= 4 is 15.9 Å². The van der Waals surface area contributed by atoms with E-state index in [9.17, 15) is 0 Å². The van der Waals surface area contributed by atoms with Crippen molar-refractivity contribution in [3.05, 3.63) is 48.0 Å². The molecule has 0 heterocycles. The maximum atomic E-state index is 3.40. The topological polar surface area (TPSA) is 0 Å². The highest BCUT2D eigenvalue weighted by molar-refractivity contribution is 9.09. The van der Waals surface area contributed by atoms with E-state index in [4.69, 9.17) is 0 Å². The van der Waals surface area contributed by atoms with E-state index in [-0.39, 0.29) is 0 Å². The Kier molecular flexibility index (Phi) is 5.59. The van der Waals surface area contributed by atoms with Crippen LogP contribution in [-0.2, 0) is 6.42 Å². The van der Waals surface area contributed by atoms with Crippen molar-refractivity contribution in [3.8, 4) is 0 Å². The molecular weight excluding hydrogens is 224 g/mol. The molecule has 0 nitrogen and oxygen atoms in total. The van der Waals surface area contributed by atoms with Crippen molar-refractivity contribution in [1.29, 1.82) is 0 Å². The molecule has 70 valence electrons. The number of halogens is 1. The van der Waals surface area contributed by atoms with Gasteiger partial charge in [0.2, 0.25) is 0 Å². The van der Waals surface area contributed by atoms with Crippen LogP contribution in [0.15, 0.2) is 42.5 Å². The van der Waals surface area contributed by atoms with Crippen molar-refractivity contribution in [1.82, 2.24) is 0 Å². The van der Waals surface area contributed by atoms with E-state index < -0.39 is 0 Å². The summed E-state index contributed by atoms with van der Waals surface area (Å²) in [6, 6.07) is 10.6. The van der Waals surface area contributed by atoms with Crippen LogP contribution < -0.4 is 0 Å². The summed E-state index contributed by atoms with van der Waals surface area (Å²) < 4.78 is 0. The van der Waals surface area contributed by atoms with E-state index in [1.54, 1.807) is 0 Å². The average Bonchev–Trinajstić information content (AvgIpc) is 2.19. The van der Waals surface area contributed by atoms with E-state index in [0.29, 0.717) is 0 Å². The summed E-state index contributed by atoms with van der Waals surface area (Å²) in [5.74, 6) is 0. The number of alkyl halides is 1. The van der Waals surface area contributed by atoms with Gasteiger partial charge in [-0.25, -0.2) is 0 Å². The molecule has 1 rings (SSSR count). The predicted octanol–water partition coefficient (Wildman–Crippen LogP) is 3.96. The summed E-state index contributed by atoms with van der Waals surface area (Å²) in [7, 11) is 0. The van der Waals surface area contributed by atoms with Gasteiger partial charge in [0, 0.05) is 5.33 Å². The minimum Gasteiger partial charge on any atom is -0.0925 e. The number of rotatable bonds is 5. The third-order valence-corrected chi connectivity index (χ3v) is 2.34. The molecule has 0 N–H and O–H groups in total. The SMILES string of the molecule is BrCC/C=C/CCc1ccccc1. The van der Waals surface area contributed by atoms with Crippen LogP contribution in [-0.4, -0.2) is 5.33 Å². The Hall–Kier alpha value is -0.560. The first-order chi connectivity index (χ1) is 6.43. The lowest BCUT2D eigenvalue weighted by Gasteiger charge is -1.95. The van der Waals surface area contributed by atoms with Crippen molar-refractivity contribution in [2.24, 2.45) is 0 Å². The monoisotopic (exact) mass is 238 g/mol. The first kappa shape index (κ1) is 10.5. The molecule has 0 atom stereocenters. The smallest absolute Gasteiger partial charge is 0.00659 e. The Labute approximate surface area is 88.8 Å². The lowest BCUT2D eigenvalue weighted by atomic mass is 10.1. The lowest BCUT2D eigenvalue weighted by molar-refractivity contribution is 0.993. The molecule has 0 unspecified atom stereocenters. The van der Waals surface area contributed by atoms with Gasteiger partial charge in [-0.05, 0) is 24.8 Å². The first-order valence-corrected chi connectivity index (χ1v) is 5.80. The normalized spacial score (nSPS) is 10.8. The molecule has 0 aliphatic carbocycles. The van der Waals surface area contributed by atoms with Gasteiger partial charge in [-0.15, -0.1) is 0 Å². The van der Waals surface area contributed by atoms with Gasteiger partial charge in [-0.1, -0.05) is 58.4 Å². The fraction of sp³-hybridized carbons (Fsp3) is 0.333. The van der Waals surface area contributed by atoms with Crippen LogP contribution in [0, 0.1) is 0 Å². The molecular formula is C12H15Br. The highest BCUT2D eigenvalue weighted by Gasteiger charge is 1.87. The summed E-state index contributed by atoms with van der Waals surface area (Å²) in [5.41, 5.74) is 1.42. The second-order valence-electron chi connectivity index (χ2n) is 2.97. The molecule has 1 heteroatoms. The minimum absolute atomic E-state index is 1.06. The molecule has 0 spiro atoms. The number of aryl methyl sites for hydroxylation is 1. The molecule has 13 heavy (non-hydrogen) atoms. The highest BCUT2D eigenvalue weighted by Crippen LogP contribution is 2.03. The molecule has 0 aliphatic rings. The Bertz CT molecular complexity index is 239. The highest BCUT2D eigenvalue weighted by atomic mass is 79.9. The second kappa shape index (κ2) is 6.90. The molecule has 0 aromatic heterocycles. The number of allylic oxidation sites excluding steroid dienone is 2. The third kappa shape index (κ3) is 4.89. The van der Waals surface area contributed by atoms with E-state index >= 15 is 0 Å². The zero-order chi connectivity index (χ0) is 9.36. The molecule has 0 bridgehead atoms. The second-order valence-corrected chi connectivity index (χ2v) is 3.77. The number of hydrogen-bond donors (Lipinski definition) is 0. The summed E-state index contributed by atoms with van der Waals surface area (Å²) in [6.45, 7) is 0.